The molecule has 1 aromatic carbocycles. The third-order valence-corrected chi connectivity index (χ3v) is 5.90. The average Bonchev–Trinajstić information content (AvgIpc) is 2.66. The summed E-state index contributed by atoms with van der Waals surface area (Å²) in [6.07, 6.45) is 12.6. The van der Waals surface area contributed by atoms with E-state index in [2.05, 4.69) is 26.0 Å². The molecule has 1 aromatic rings. The summed E-state index contributed by atoms with van der Waals surface area (Å²) in [6.45, 7) is 12.3. The molecule has 0 aromatic heterocycles. The van der Waals surface area contributed by atoms with Crippen molar-refractivity contribution in [2.45, 2.75) is 92.1 Å². The summed E-state index contributed by atoms with van der Waals surface area (Å²) in [4.78, 5) is 12.1. The number of benzene rings is 1. The molecule has 1 atom stereocenters. The first-order valence-corrected chi connectivity index (χ1v) is 11.1. The monoisotopic (exact) mass is 410 g/mol. The number of ether oxygens (including phenoxy) is 1. The van der Waals surface area contributed by atoms with E-state index >= 15 is 0 Å². The molecule has 1 aliphatic rings. The van der Waals surface area contributed by atoms with Gasteiger partial charge in [0, 0.05) is 6.42 Å². The highest BCUT2D eigenvalue weighted by atomic mass is 16.5. The summed E-state index contributed by atoms with van der Waals surface area (Å²) in [5.41, 5.74) is 5.35. The van der Waals surface area contributed by atoms with E-state index in [-0.39, 0.29) is 11.4 Å². The molecular formula is C27H38O3. The molecule has 3 nitrogen and oxygen atoms in total. The largest absolute Gasteiger partial charge is 0.508 e. The molecular weight excluding hydrogens is 372 g/mol. The van der Waals surface area contributed by atoms with Crippen LogP contribution in [-0.2, 0) is 11.2 Å². The Morgan fingerprint density at radius 1 is 1.13 bits per heavy atom. The van der Waals surface area contributed by atoms with Crippen molar-refractivity contribution >= 4 is 5.78 Å². The Labute approximate surface area is 182 Å². The van der Waals surface area contributed by atoms with Crippen LogP contribution in [0.2, 0.25) is 0 Å². The highest BCUT2D eigenvalue weighted by Crippen LogP contribution is 2.39. The van der Waals surface area contributed by atoms with Crippen molar-refractivity contribution < 1.29 is 14.6 Å². The summed E-state index contributed by atoms with van der Waals surface area (Å²) >= 11 is 0. The number of aromatic hydroxyl groups is 1. The maximum Gasteiger partial charge on any atom is 0.162 e. The Morgan fingerprint density at radius 3 is 2.57 bits per heavy atom. The van der Waals surface area contributed by atoms with Crippen LogP contribution in [0.1, 0.15) is 84.3 Å². The first-order valence-electron chi connectivity index (χ1n) is 11.1. The van der Waals surface area contributed by atoms with Crippen LogP contribution in [0.3, 0.4) is 0 Å². The lowest BCUT2D eigenvalue weighted by molar-refractivity contribution is -0.114. The van der Waals surface area contributed by atoms with Gasteiger partial charge in [-0.15, -0.1) is 0 Å². The second-order valence-corrected chi connectivity index (χ2v) is 9.23. The van der Waals surface area contributed by atoms with Crippen molar-refractivity contribution in [3.63, 3.8) is 0 Å². The Kier molecular flexibility index (Phi) is 8.52. The van der Waals surface area contributed by atoms with Crippen LogP contribution in [0, 0.1) is 6.92 Å². The van der Waals surface area contributed by atoms with Crippen LogP contribution in [0.5, 0.6) is 11.5 Å². The zero-order valence-electron chi connectivity index (χ0n) is 19.6. The summed E-state index contributed by atoms with van der Waals surface area (Å²) < 4.78 is 6.37. The molecule has 0 unspecified atom stereocenters. The molecule has 0 spiro atoms. The van der Waals surface area contributed by atoms with Gasteiger partial charge in [0.2, 0.25) is 0 Å². The maximum absolute atomic E-state index is 12.1. The van der Waals surface area contributed by atoms with Gasteiger partial charge < -0.3 is 9.84 Å². The van der Waals surface area contributed by atoms with Gasteiger partial charge in [-0.1, -0.05) is 29.4 Å². The van der Waals surface area contributed by atoms with Crippen molar-refractivity contribution in [1.29, 1.82) is 0 Å². The molecule has 0 saturated carbocycles. The molecule has 1 heterocycles. The molecule has 30 heavy (non-hydrogen) atoms. The molecule has 1 aliphatic heterocycles. The van der Waals surface area contributed by atoms with Crippen LogP contribution in [0.25, 0.3) is 0 Å². The predicted octanol–water partition coefficient (Wildman–Crippen LogP) is 7.16. The molecule has 0 saturated heterocycles. The quantitative estimate of drug-likeness (QED) is 0.347. The van der Waals surface area contributed by atoms with Gasteiger partial charge in [-0.2, -0.15) is 0 Å². The second-order valence-electron chi connectivity index (χ2n) is 9.23. The standard InChI is InChI=1S/C27H38O3/c1-19(2)12-13-25(29)21(4)11-7-9-20(3)10-8-15-27(6)16-14-23-18-24(28)17-22(5)26(23)30-27/h10-12,17-18,28H,7-9,13-16H2,1-6H3/t27-/m1/s1. The molecule has 1 N–H and O–H groups in total. The van der Waals surface area contributed by atoms with E-state index in [1.165, 1.54) is 11.1 Å². The maximum atomic E-state index is 12.1. The molecule has 0 fully saturated rings. The molecule has 2 rings (SSSR count). The van der Waals surface area contributed by atoms with Gasteiger partial charge in [-0.05, 0) is 109 Å². The van der Waals surface area contributed by atoms with Crippen molar-refractivity contribution in [2.75, 3.05) is 0 Å². The molecule has 0 amide bonds. The van der Waals surface area contributed by atoms with E-state index in [0.717, 1.165) is 61.0 Å². The van der Waals surface area contributed by atoms with Gasteiger partial charge in [0.25, 0.3) is 0 Å². The first kappa shape index (κ1) is 24.0. The Bertz CT molecular complexity index is 853. The molecule has 164 valence electrons. The Hall–Kier alpha value is -2.29. The van der Waals surface area contributed by atoms with Crippen LogP contribution in [-0.4, -0.2) is 16.5 Å². The number of hydrogen-bond acceptors (Lipinski definition) is 3. The van der Waals surface area contributed by atoms with Gasteiger partial charge in [-0.25, -0.2) is 0 Å². The van der Waals surface area contributed by atoms with Gasteiger partial charge in [0.1, 0.15) is 17.1 Å². The summed E-state index contributed by atoms with van der Waals surface area (Å²) in [7, 11) is 0. The van der Waals surface area contributed by atoms with E-state index in [1.54, 1.807) is 6.07 Å². The van der Waals surface area contributed by atoms with Crippen LogP contribution in [0.15, 0.2) is 47.1 Å². The summed E-state index contributed by atoms with van der Waals surface area (Å²) in [5.74, 6) is 1.48. The molecule has 3 heteroatoms. The fraction of sp³-hybridized carbons (Fsp3) is 0.519. The van der Waals surface area contributed by atoms with Gasteiger partial charge in [0.15, 0.2) is 5.78 Å². The fourth-order valence-corrected chi connectivity index (χ4v) is 3.84. The van der Waals surface area contributed by atoms with Crippen molar-refractivity contribution in [3.05, 3.63) is 58.2 Å². The highest BCUT2D eigenvalue weighted by Gasteiger charge is 2.31. The average molecular weight is 411 g/mol. The van der Waals surface area contributed by atoms with Crippen LogP contribution < -0.4 is 4.74 Å². The van der Waals surface area contributed by atoms with E-state index < -0.39 is 0 Å². The number of Topliss-reactive ketones (excluding diaryl/α,β-unsaturated/α-hetero) is 1. The molecule has 0 bridgehead atoms. The molecule has 0 radical (unpaired) electrons. The van der Waals surface area contributed by atoms with Crippen molar-refractivity contribution in [1.82, 2.24) is 0 Å². The fourth-order valence-electron chi connectivity index (χ4n) is 3.84. The minimum absolute atomic E-state index is 0.167. The topological polar surface area (TPSA) is 46.5 Å². The number of allylic oxidation sites excluding steroid dienone is 6. The second kappa shape index (κ2) is 10.7. The number of rotatable bonds is 9. The smallest absolute Gasteiger partial charge is 0.162 e. The number of phenolic OH excluding ortho intramolecular Hbond substituents is 1. The Morgan fingerprint density at radius 2 is 1.87 bits per heavy atom. The minimum atomic E-state index is -0.167. The lowest BCUT2D eigenvalue weighted by atomic mass is 9.87. The van der Waals surface area contributed by atoms with E-state index in [0.29, 0.717) is 12.2 Å². The highest BCUT2D eigenvalue weighted by molar-refractivity contribution is 5.95. The zero-order valence-corrected chi connectivity index (χ0v) is 19.6. The lowest BCUT2D eigenvalue weighted by Gasteiger charge is -2.36. The van der Waals surface area contributed by atoms with E-state index in [4.69, 9.17) is 4.74 Å². The SMILES string of the molecule is CC(C)=CCC(=O)C(C)=CCCC(C)=CCC[C@]1(C)CCc2cc(O)cc(C)c2O1. The third-order valence-electron chi connectivity index (χ3n) is 5.90. The number of ketones is 1. The van der Waals surface area contributed by atoms with Gasteiger partial charge in [0.05, 0.1) is 0 Å². The van der Waals surface area contributed by atoms with E-state index in [1.807, 2.05) is 39.8 Å². The normalized spacial score (nSPS) is 19.1. The first-order chi connectivity index (χ1) is 14.1. The van der Waals surface area contributed by atoms with Gasteiger partial charge >= 0.3 is 0 Å². The van der Waals surface area contributed by atoms with Gasteiger partial charge in [-0.3, -0.25) is 4.79 Å². The number of phenols is 1. The Balaban J connectivity index is 1.83. The number of carbonyl (C=O) groups is 1. The third kappa shape index (κ3) is 7.19. The number of carbonyl (C=O) groups excluding carboxylic acids is 1. The van der Waals surface area contributed by atoms with Crippen molar-refractivity contribution in [3.8, 4) is 11.5 Å². The summed E-state index contributed by atoms with van der Waals surface area (Å²) in [6, 6.07) is 3.60. The number of hydrogen-bond donors (Lipinski definition) is 1. The van der Waals surface area contributed by atoms with E-state index in [9.17, 15) is 9.90 Å². The number of fused-ring (bicyclic) bond motifs is 1. The number of aryl methyl sites for hydroxylation is 2. The van der Waals surface area contributed by atoms with Crippen LogP contribution >= 0.6 is 0 Å². The van der Waals surface area contributed by atoms with Crippen molar-refractivity contribution in [2.24, 2.45) is 0 Å². The minimum Gasteiger partial charge on any atom is -0.508 e. The lowest BCUT2D eigenvalue weighted by Crippen LogP contribution is -2.36. The van der Waals surface area contributed by atoms with Crippen LogP contribution in [0.4, 0.5) is 0 Å². The summed E-state index contributed by atoms with van der Waals surface area (Å²) in [5, 5.41) is 9.80. The predicted molar refractivity (Wildman–Crippen MR) is 125 cm³/mol. The molecule has 0 aliphatic carbocycles. The zero-order chi connectivity index (χ0) is 22.3.